The number of pyridine rings is 1. The summed E-state index contributed by atoms with van der Waals surface area (Å²) in [6, 6.07) is 1.91. The first kappa shape index (κ1) is 20.0. The van der Waals surface area contributed by atoms with Crippen LogP contribution in [0.4, 0.5) is 10.2 Å². The Morgan fingerprint density at radius 2 is 2.24 bits per heavy atom. The molecule has 0 amide bonds. The number of aromatic amines is 1. The highest BCUT2D eigenvalue weighted by Gasteiger charge is 2.27. The summed E-state index contributed by atoms with van der Waals surface area (Å²) in [5.41, 5.74) is 1.37. The number of nitrogens with one attached hydrogen (secondary N) is 2. The summed E-state index contributed by atoms with van der Waals surface area (Å²) < 4.78 is 14.4. The van der Waals surface area contributed by atoms with Gasteiger partial charge in [0.2, 0.25) is 0 Å². The molecule has 29 heavy (non-hydrogen) atoms. The number of aliphatic hydroxyl groups is 1. The lowest BCUT2D eigenvalue weighted by Crippen LogP contribution is -2.49. The number of H-pyrrole nitrogens is 1. The molecule has 0 saturated carbocycles. The second-order valence-corrected chi connectivity index (χ2v) is 7.74. The van der Waals surface area contributed by atoms with Crippen LogP contribution in [0.5, 0.6) is 0 Å². The van der Waals surface area contributed by atoms with Crippen molar-refractivity contribution in [2.24, 2.45) is 0 Å². The predicted molar refractivity (Wildman–Crippen MR) is 111 cm³/mol. The van der Waals surface area contributed by atoms with Gasteiger partial charge < -0.3 is 15.4 Å². The number of hydrogen-bond donors (Lipinski definition) is 3. The fourth-order valence-electron chi connectivity index (χ4n) is 3.87. The first-order valence-corrected chi connectivity index (χ1v) is 10.3. The van der Waals surface area contributed by atoms with Gasteiger partial charge in [-0.25, -0.2) is 19.3 Å². The van der Waals surface area contributed by atoms with Crippen molar-refractivity contribution in [3.05, 3.63) is 35.5 Å². The van der Waals surface area contributed by atoms with Gasteiger partial charge >= 0.3 is 0 Å². The van der Waals surface area contributed by atoms with Gasteiger partial charge in [0, 0.05) is 42.5 Å². The van der Waals surface area contributed by atoms with Crippen LogP contribution in [-0.4, -0.2) is 55.3 Å². The van der Waals surface area contributed by atoms with Gasteiger partial charge in [-0.05, 0) is 25.3 Å². The third-order valence-electron chi connectivity index (χ3n) is 5.41. The van der Waals surface area contributed by atoms with E-state index in [9.17, 15) is 9.50 Å². The summed E-state index contributed by atoms with van der Waals surface area (Å²) in [4.78, 5) is 17.9. The van der Waals surface area contributed by atoms with E-state index in [0.29, 0.717) is 35.0 Å². The molecule has 0 aromatic carbocycles. The highest BCUT2D eigenvalue weighted by atomic mass is 35.5. The minimum atomic E-state index is -0.511. The zero-order valence-corrected chi connectivity index (χ0v) is 17.0. The number of halogens is 2. The molecule has 7 nitrogen and oxygen atoms in total. The number of anilines is 1. The van der Waals surface area contributed by atoms with Crippen molar-refractivity contribution < 1.29 is 9.50 Å². The number of aromatic nitrogens is 4. The largest absolute Gasteiger partial charge is 0.378 e. The maximum absolute atomic E-state index is 14.4. The Labute approximate surface area is 173 Å². The van der Waals surface area contributed by atoms with E-state index < -0.39 is 12.0 Å². The van der Waals surface area contributed by atoms with Gasteiger partial charge in [-0.1, -0.05) is 24.9 Å². The Hall–Kier alpha value is -2.29. The molecule has 0 aliphatic carbocycles. The summed E-state index contributed by atoms with van der Waals surface area (Å²) in [5, 5.41) is 14.7. The molecule has 4 heterocycles. The smallest absolute Gasteiger partial charge is 0.183 e. The number of fused-ring (bicyclic) bond motifs is 1. The molecule has 4 rings (SSSR count). The molecule has 154 valence electrons. The van der Waals surface area contributed by atoms with Crippen LogP contribution in [0.3, 0.4) is 0 Å². The Morgan fingerprint density at radius 3 is 3.07 bits per heavy atom. The number of aliphatic hydroxyl groups excluding tert-OH is 1. The number of rotatable bonds is 6. The van der Waals surface area contributed by atoms with Crippen LogP contribution in [0, 0.1) is 5.82 Å². The Balaban J connectivity index is 1.56. The lowest BCUT2D eigenvalue weighted by atomic mass is 10.0. The third kappa shape index (κ3) is 4.19. The van der Waals surface area contributed by atoms with Crippen molar-refractivity contribution in [3.8, 4) is 11.4 Å². The van der Waals surface area contributed by atoms with Crippen molar-refractivity contribution >= 4 is 28.5 Å². The van der Waals surface area contributed by atoms with Gasteiger partial charge in [0.25, 0.3) is 0 Å². The van der Waals surface area contributed by atoms with E-state index in [0.717, 1.165) is 31.2 Å². The van der Waals surface area contributed by atoms with Gasteiger partial charge in [-0.2, -0.15) is 0 Å². The standard InChI is InChI=1S/C20H24ClFN6O/c1-2-17(29)28-6-4-3-5-13(28)9-24-20-16(22)11-26-19(27-20)15-10-25-18-14(15)7-12(21)8-23-18/h7-8,10-11,13,17,29H,2-6,9H2,1H3,(H,23,25)(H,24,26,27)/t13-,17?/m1/s1. The second-order valence-electron chi connectivity index (χ2n) is 7.30. The fraction of sp³-hybridized carbons (Fsp3) is 0.450. The molecule has 1 unspecified atom stereocenters. The van der Waals surface area contributed by atoms with Crippen molar-refractivity contribution in [1.82, 2.24) is 24.8 Å². The van der Waals surface area contributed by atoms with Crippen LogP contribution in [0.1, 0.15) is 32.6 Å². The van der Waals surface area contributed by atoms with Crippen molar-refractivity contribution in [1.29, 1.82) is 0 Å². The molecule has 1 aliphatic rings. The molecular weight excluding hydrogens is 395 g/mol. The van der Waals surface area contributed by atoms with Gasteiger partial charge in [-0.15, -0.1) is 0 Å². The monoisotopic (exact) mass is 418 g/mol. The first-order valence-electron chi connectivity index (χ1n) is 9.90. The third-order valence-corrected chi connectivity index (χ3v) is 5.62. The number of hydrogen-bond acceptors (Lipinski definition) is 6. The van der Waals surface area contributed by atoms with E-state index in [4.69, 9.17) is 11.6 Å². The fourth-order valence-corrected chi connectivity index (χ4v) is 4.03. The topological polar surface area (TPSA) is 90.0 Å². The highest BCUT2D eigenvalue weighted by molar-refractivity contribution is 6.31. The van der Waals surface area contributed by atoms with E-state index in [2.05, 4.69) is 30.2 Å². The van der Waals surface area contributed by atoms with E-state index >= 15 is 0 Å². The summed E-state index contributed by atoms with van der Waals surface area (Å²) >= 11 is 6.06. The maximum atomic E-state index is 14.4. The summed E-state index contributed by atoms with van der Waals surface area (Å²) in [5.74, 6) is 0.0253. The second kappa shape index (κ2) is 8.61. The molecule has 0 spiro atoms. The van der Waals surface area contributed by atoms with E-state index in [1.54, 1.807) is 18.5 Å². The Morgan fingerprint density at radius 1 is 1.38 bits per heavy atom. The average molecular weight is 419 g/mol. The minimum absolute atomic E-state index is 0.132. The quantitative estimate of drug-likeness (QED) is 0.564. The van der Waals surface area contributed by atoms with Crippen LogP contribution in [0.2, 0.25) is 5.02 Å². The Kier molecular flexibility index (Phi) is 5.94. The number of nitrogens with zero attached hydrogens (tertiary/aromatic N) is 4. The van der Waals surface area contributed by atoms with Gasteiger partial charge in [0.05, 0.1) is 11.2 Å². The molecule has 3 N–H and O–H groups in total. The van der Waals surface area contributed by atoms with E-state index in [1.807, 2.05) is 6.92 Å². The Bertz CT molecular complexity index is 996. The van der Waals surface area contributed by atoms with Crippen LogP contribution in [0.15, 0.2) is 24.7 Å². The number of piperidine rings is 1. The SMILES string of the molecule is CCC(O)N1CCCC[C@@H]1CNc1nc(-c2c[nH]c3ncc(Cl)cc23)ncc1F. The van der Waals surface area contributed by atoms with Gasteiger partial charge in [0.15, 0.2) is 17.5 Å². The van der Waals surface area contributed by atoms with E-state index in [-0.39, 0.29) is 11.9 Å². The molecular formula is C20H24ClFN6O. The highest BCUT2D eigenvalue weighted by Crippen LogP contribution is 2.28. The van der Waals surface area contributed by atoms with Gasteiger partial charge in [0.1, 0.15) is 11.9 Å². The molecule has 9 heteroatoms. The van der Waals surface area contributed by atoms with Crippen LogP contribution in [0.25, 0.3) is 22.4 Å². The van der Waals surface area contributed by atoms with Crippen LogP contribution in [-0.2, 0) is 0 Å². The van der Waals surface area contributed by atoms with Crippen LogP contribution < -0.4 is 5.32 Å². The molecule has 3 aromatic heterocycles. The zero-order chi connectivity index (χ0) is 20.4. The summed E-state index contributed by atoms with van der Waals surface area (Å²) in [6.07, 6.45) is 7.78. The lowest BCUT2D eigenvalue weighted by Gasteiger charge is -2.38. The normalized spacial score (nSPS) is 18.8. The summed E-state index contributed by atoms with van der Waals surface area (Å²) in [7, 11) is 0. The molecule has 3 aromatic rings. The van der Waals surface area contributed by atoms with Crippen molar-refractivity contribution in [2.75, 3.05) is 18.4 Å². The molecule has 1 saturated heterocycles. The van der Waals surface area contributed by atoms with Gasteiger partial charge in [-0.3, -0.25) is 4.90 Å². The van der Waals surface area contributed by atoms with Crippen LogP contribution >= 0.6 is 11.6 Å². The molecule has 1 fully saturated rings. The number of likely N-dealkylation sites (tertiary alicyclic amines) is 1. The zero-order valence-electron chi connectivity index (χ0n) is 16.2. The van der Waals surface area contributed by atoms with Crippen molar-refractivity contribution in [3.63, 3.8) is 0 Å². The predicted octanol–water partition coefficient (Wildman–Crippen LogP) is 3.81. The summed E-state index contributed by atoms with van der Waals surface area (Å²) in [6.45, 7) is 3.32. The molecule has 0 radical (unpaired) electrons. The first-order chi connectivity index (χ1) is 14.1. The van der Waals surface area contributed by atoms with E-state index in [1.165, 1.54) is 6.20 Å². The average Bonchev–Trinajstić information content (AvgIpc) is 3.16. The molecule has 0 bridgehead atoms. The minimum Gasteiger partial charge on any atom is -0.378 e. The van der Waals surface area contributed by atoms with Crippen molar-refractivity contribution in [2.45, 2.75) is 44.9 Å². The lowest BCUT2D eigenvalue weighted by molar-refractivity contribution is -0.0386. The molecule has 2 atom stereocenters. The maximum Gasteiger partial charge on any atom is 0.183 e. The molecule has 1 aliphatic heterocycles.